The van der Waals surface area contributed by atoms with Crippen LogP contribution < -0.4 is 11.5 Å². The van der Waals surface area contributed by atoms with Crippen molar-refractivity contribution >= 4 is 0 Å². The molecule has 3 atom stereocenters. The van der Waals surface area contributed by atoms with Gasteiger partial charge in [-0.1, -0.05) is 6.42 Å². The van der Waals surface area contributed by atoms with Crippen molar-refractivity contribution < 1.29 is 0 Å². The molecular formula is C8H16N2. The Morgan fingerprint density at radius 2 is 1.90 bits per heavy atom. The van der Waals surface area contributed by atoms with Gasteiger partial charge in [0.25, 0.3) is 0 Å². The van der Waals surface area contributed by atoms with Crippen molar-refractivity contribution in [2.45, 2.75) is 31.8 Å². The molecule has 0 aromatic carbocycles. The number of hydrogen-bond donors (Lipinski definition) is 2. The third-order valence-corrected chi connectivity index (χ3v) is 3.29. The van der Waals surface area contributed by atoms with Crippen LogP contribution in [-0.2, 0) is 0 Å². The van der Waals surface area contributed by atoms with E-state index in [0.717, 1.165) is 11.8 Å². The van der Waals surface area contributed by atoms with Crippen LogP contribution in [0.3, 0.4) is 0 Å². The average molecular weight is 140 g/mol. The van der Waals surface area contributed by atoms with Crippen molar-refractivity contribution in [3.63, 3.8) is 0 Å². The summed E-state index contributed by atoms with van der Waals surface area (Å²) < 4.78 is 0. The van der Waals surface area contributed by atoms with E-state index in [1.807, 2.05) is 0 Å². The molecule has 4 N–H and O–H groups in total. The van der Waals surface area contributed by atoms with Crippen molar-refractivity contribution in [3.05, 3.63) is 0 Å². The molecule has 2 bridgehead atoms. The zero-order valence-electron chi connectivity index (χ0n) is 6.29. The van der Waals surface area contributed by atoms with Crippen LogP contribution in [0.1, 0.15) is 25.7 Å². The zero-order chi connectivity index (χ0) is 7.14. The first-order valence-corrected chi connectivity index (χ1v) is 4.28. The SMILES string of the molecule is NC(N)C1CC2CCC1C2. The summed E-state index contributed by atoms with van der Waals surface area (Å²) >= 11 is 0. The maximum Gasteiger partial charge on any atom is 0.0552 e. The second-order valence-corrected chi connectivity index (χ2v) is 3.92. The lowest BCUT2D eigenvalue weighted by Gasteiger charge is -2.24. The third kappa shape index (κ3) is 0.867. The first-order chi connectivity index (χ1) is 4.77. The Kier molecular flexibility index (Phi) is 1.46. The lowest BCUT2D eigenvalue weighted by molar-refractivity contribution is 0.285. The fraction of sp³-hybridized carbons (Fsp3) is 1.00. The minimum atomic E-state index is -0.0460. The molecule has 58 valence electrons. The van der Waals surface area contributed by atoms with Gasteiger partial charge in [-0.05, 0) is 37.0 Å². The van der Waals surface area contributed by atoms with E-state index in [4.69, 9.17) is 11.5 Å². The molecule has 0 amide bonds. The lowest BCUT2D eigenvalue weighted by Crippen LogP contribution is -2.41. The molecule has 0 spiro atoms. The Hall–Kier alpha value is -0.0800. The second kappa shape index (κ2) is 2.21. The number of nitrogens with two attached hydrogens (primary N) is 2. The Bertz CT molecular complexity index is 133. The van der Waals surface area contributed by atoms with Crippen molar-refractivity contribution in [1.29, 1.82) is 0 Å². The van der Waals surface area contributed by atoms with Crippen LogP contribution >= 0.6 is 0 Å². The molecular weight excluding hydrogens is 124 g/mol. The van der Waals surface area contributed by atoms with Gasteiger partial charge in [0, 0.05) is 0 Å². The Balaban J connectivity index is 2.02. The molecule has 2 aliphatic rings. The van der Waals surface area contributed by atoms with Crippen molar-refractivity contribution in [1.82, 2.24) is 0 Å². The molecule has 0 saturated heterocycles. The highest BCUT2D eigenvalue weighted by atomic mass is 14.9. The zero-order valence-corrected chi connectivity index (χ0v) is 6.29. The molecule has 2 rings (SSSR count). The monoisotopic (exact) mass is 140 g/mol. The second-order valence-electron chi connectivity index (χ2n) is 3.92. The van der Waals surface area contributed by atoms with Gasteiger partial charge in [-0.15, -0.1) is 0 Å². The molecule has 0 radical (unpaired) electrons. The number of rotatable bonds is 1. The molecule has 2 fully saturated rings. The molecule has 0 aromatic heterocycles. The number of fused-ring (bicyclic) bond motifs is 2. The van der Waals surface area contributed by atoms with Crippen LogP contribution in [0.15, 0.2) is 0 Å². The molecule has 2 saturated carbocycles. The van der Waals surface area contributed by atoms with Gasteiger partial charge in [-0.25, -0.2) is 0 Å². The molecule has 0 aromatic rings. The van der Waals surface area contributed by atoms with Crippen LogP contribution in [0.5, 0.6) is 0 Å². The molecule has 2 aliphatic carbocycles. The van der Waals surface area contributed by atoms with Crippen molar-refractivity contribution in [3.8, 4) is 0 Å². The van der Waals surface area contributed by atoms with Crippen molar-refractivity contribution in [2.24, 2.45) is 29.2 Å². The van der Waals surface area contributed by atoms with Gasteiger partial charge in [0.15, 0.2) is 0 Å². The minimum Gasteiger partial charge on any atom is -0.316 e. The maximum atomic E-state index is 5.66. The Morgan fingerprint density at radius 3 is 2.20 bits per heavy atom. The van der Waals surface area contributed by atoms with E-state index in [1.54, 1.807) is 0 Å². The average Bonchev–Trinajstić information content (AvgIpc) is 2.44. The van der Waals surface area contributed by atoms with Gasteiger partial charge < -0.3 is 11.5 Å². The van der Waals surface area contributed by atoms with E-state index < -0.39 is 0 Å². The molecule has 0 aliphatic heterocycles. The van der Waals surface area contributed by atoms with E-state index in [9.17, 15) is 0 Å². The Morgan fingerprint density at radius 1 is 1.10 bits per heavy atom. The largest absolute Gasteiger partial charge is 0.316 e. The predicted octanol–water partition coefficient (Wildman–Crippen LogP) is 0.666. The van der Waals surface area contributed by atoms with Crippen LogP contribution in [0, 0.1) is 17.8 Å². The molecule has 3 unspecified atom stereocenters. The van der Waals surface area contributed by atoms with Gasteiger partial charge in [0.1, 0.15) is 0 Å². The third-order valence-electron chi connectivity index (χ3n) is 3.29. The van der Waals surface area contributed by atoms with E-state index in [-0.39, 0.29) is 6.17 Å². The Labute approximate surface area is 62.0 Å². The summed E-state index contributed by atoms with van der Waals surface area (Å²) in [5.41, 5.74) is 11.3. The molecule has 10 heavy (non-hydrogen) atoms. The normalized spacial score (nSPS) is 45.3. The summed E-state index contributed by atoms with van der Waals surface area (Å²) in [6.07, 6.45) is 5.50. The highest BCUT2D eigenvalue weighted by molar-refractivity contribution is 4.92. The molecule has 2 nitrogen and oxygen atoms in total. The lowest BCUT2D eigenvalue weighted by atomic mass is 9.87. The fourth-order valence-corrected chi connectivity index (χ4v) is 2.77. The van der Waals surface area contributed by atoms with E-state index in [2.05, 4.69) is 0 Å². The standard InChI is InChI=1S/C8H16N2/c9-8(10)7-4-5-1-2-6(7)3-5/h5-8H,1-4,9-10H2. The summed E-state index contributed by atoms with van der Waals surface area (Å²) in [5, 5.41) is 0. The fourth-order valence-electron chi connectivity index (χ4n) is 2.77. The van der Waals surface area contributed by atoms with Crippen LogP contribution in [-0.4, -0.2) is 6.17 Å². The summed E-state index contributed by atoms with van der Waals surface area (Å²) in [7, 11) is 0. The summed E-state index contributed by atoms with van der Waals surface area (Å²) in [6, 6.07) is 0. The molecule has 0 heterocycles. The summed E-state index contributed by atoms with van der Waals surface area (Å²) in [4.78, 5) is 0. The minimum absolute atomic E-state index is 0.0460. The predicted molar refractivity (Wildman–Crippen MR) is 41.1 cm³/mol. The van der Waals surface area contributed by atoms with Gasteiger partial charge in [0.05, 0.1) is 6.17 Å². The first-order valence-electron chi connectivity index (χ1n) is 4.28. The van der Waals surface area contributed by atoms with Crippen LogP contribution in [0.2, 0.25) is 0 Å². The highest BCUT2D eigenvalue weighted by Gasteiger charge is 2.40. The highest BCUT2D eigenvalue weighted by Crippen LogP contribution is 2.48. The number of hydrogen-bond acceptors (Lipinski definition) is 2. The van der Waals surface area contributed by atoms with Gasteiger partial charge in [-0.2, -0.15) is 0 Å². The van der Waals surface area contributed by atoms with Gasteiger partial charge in [0.2, 0.25) is 0 Å². The first kappa shape index (κ1) is 6.62. The van der Waals surface area contributed by atoms with Gasteiger partial charge in [-0.3, -0.25) is 0 Å². The summed E-state index contributed by atoms with van der Waals surface area (Å²) in [6.45, 7) is 0. The van der Waals surface area contributed by atoms with E-state index in [0.29, 0.717) is 5.92 Å². The maximum absolute atomic E-state index is 5.66. The smallest absolute Gasteiger partial charge is 0.0552 e. The summed E-state index contributed by atoms with van der Waals surface area (Å²) in [5.74, 6) is 2.51. The van der Waals surface area contributed by atoms with E-state index in [1.165, 1.54) is 25.7 Å². The van der Waals surface area contributed by atoms with Crippen LogP contribution in [0.25, 0.3) is 0 Å². The van der Waals surface area contributed by atoms with E-state index >= 15 is 0 Å². The molecule has 2 heteroatoms. The van der Waals surface area contributed by atoms with Crippen molar-refractivity contribution in [2.75, 3.05) is 0 Å². The van der Waals surface area contributed by atoms with Crippen LogP contribution in [0.4, 0.5) is 0 Å². The van der Waals surface area contributed by atoms with Gasteiger partial charge >= 0.3 is 0 Å². The quantitative estimate of drug-likeness (QED) is 0.526. The topological polar surface area (TPSA) is 52.0 Å².